The number of aromatic nitrogens is 4. The van der Waals surface area contributed by atoms with Gasteiger partial charge in [-0.1, -0.05) is 11.3 Å². The van der Waals surface area contributed by atoms with Gasteiger partial charge in [0.15, 0.2) is 0 Å². The van der Waals surface area contributed by atoms with Crippen LogP contribution < -0.4 is 10.2 Å². The SMILES string of the molecule is Cc1nc2c(c(N3CCC(C(=O)Nc4nnc(C)s4)CC3)n1)CCC2. The van der Waals surface area contributed by atoms with Crippen molar-refractivity contribution in [2.24, 2.45) is 5.92 Å². The van der Waals surface area contributed by atoms with Gasteiger partial charge in [0.25, 0.3) is 0 Å². The Morgan fingerprint density at radius 3 is 2.68 bits per heavy atom. The number of carbonyl (C=O) groups excluding carboxylic acids is 1. The Hall–Kier alpha value is -2.09. The van der Waals surface area contributed by atoms with E-state index in [-0.39, 0.29) is 11.8 Å². The Bertz CT molecular complexity index is 796. The number of nitrogens with one attached hydrogen (secondary N) is 1. The molecule has 1 aliphatic heterocycles. The third-order valence-corrected chi connectivity index (χ3v) is 5.70. The second-order valence-corrected chi connectivity index (χ2v) is 7.93. The van der Waals surface area contributed by atoms with Crippen molar-refractivity contribution in [1.82, 2.24) is 20.2 Å². The molecule has 4 rings (SSSR count). The van der Waals surface area contributed by atoms with Crippen molar-refractivity contribution in [3.05, 3.63) is 22.1 Å². The lowest BCUT2D eigenvalue weighted by Gasteiger charge is -2.33. The summed E-state index contributed by atoms with van der Waals surface area (Å²) in [5.74, 6) is 2.03. The lowest BCUT2D eigenvalue weighted by atomic mass is 9.95. The molecular weight excluding hydrogens is 336 g/mol. The van der Waals surface area contributed by atoms with Gasteiger partial charge in [-0.2, -0.15) is 0 Å². The van der Waals surface area contributed by atoms with Gasteiger partial charge >= 0.3 is 0 Å². The summed E-state index contributed by atoms with van der Waals surface area (Å²) < 4.78 is 0. The number of hydrogen-bond donors (Lipinski definition) is 1. The molecule has 0 spiro atoms. The molecular formula is C17H22N6OS. The van der Waals surface area contributed by atoms with Gasteiger partial charge in [0.05, 0.1) is 0 Å². The number of rotatable bonds is 3. The van der Waals surface area contributed by atoms with E-state index in [0.29, 0.717) is 5.13 Å². The number of carbonyl (C=O) groups is 1. The smallest absolute Gasteiger partial charge is 0.229 e. The quantitative estimate of drug-likeness (QED) is 0.906. The minimum Gasteiger partial charge on any atom is -0.356 e. The summed E-state index contributed by atoms with van der Waals surface area (Å²) in [6.07, 6.45) is 4.97. The second-order valence-electron chi connectivity index (χ2n) is 6.75. The van der Waals surface area contributed by atoms with Crippen LogP contribution in [-0.4, -0.2) is 39.2 Å². The molecule has 1 saturated heterocycles. The fourth-order valence-electron chi connectivity index (χ4n) is 3.70. The maximum absolute atomic E-state index is 12.4. The van der Waals surface area contributed by atoms with Crippen molar-refractivity contribution in [1.29, 1.82) is 0 Å². The maximum Gasteiger partial charge on any atom is 0.229 e. The first-order chi connectivity index (χ1) is 12.1. The van der Waals surface area contributed by atoms with Gasteiger partial charge in [-0.3, -0.25) is 4.79 Å². The minimum atomic E-state index is 0.0245. The van der Waals surface area contributed by atoms with Gasteiger partial charge in [0.2, 0.25) is 11.0 Å². The van der Waals surface area contributed by atoms with Gasteiger partial charge in [-0.25, -0.2) is 9.97 Å². The summed E-state index contributed by atoms with van der Waals surface area (Å²) in [5.41, 5.74) is 2.53. The normalized spacial score (nSPS) is 17.6. The Morgan fingerprint density at radius 1 is 1.16 bits per heavy atom. The van der Waals surface area contributed by atoms with Crippen molar-refractivity contribution in [3.63, 3.8) is 0 Å². The Kier molecular flexibility index (Phi) is 4.37. The molecule has 0 bridgehead atoms. The first-order valence-corrected chi connectivity index (χ1v) is 9.64. The largest absolute Gasteiger partial charge is 0.356 e. The van der Waals surface area contributed by atoms with Crippen LogP contribution in [-0.2, 0) is 17.6 Å². The van der Waals surface area contributed by atoms with Crippen molar-refractivity contribution in [3.8, 4) is 0 Å². The summed E-state index contributed by atoms with van der Waals surface area (Å²) in [4.78, 5) is 24.1. The second kappa shape index (κ2) is 6.67. The van der Waals surface area contributed by atoms with Crippen molar-refractivity contribution < 1.29 is 4.79 Å². The third kappa shape index (κ3) is 3.35. The van der Waals surface area contributed by atoms with Crippen LogP contribution in [0.3, 0.4) is 0 Å². The fraction of sp³-hybridized carbons (Fsp3) is 0.588. The van der Waals surface area contributed by atoms with E-state index in [1.54, 1.807) is 0 Å². The maximum atomic E-state index is 12.4. The summed E-state index contributed by atoms with van der Waals surface area (Å²) in [5, 5.41) is 12.3. The summed E-state index contributed by atoms with van der Waals surface area (Å²) in [7, 11) is 0. The number of nitrogens with zero attached hydrogens (tertiary/aromatic N) is 5. The average Bonchev–Trinajstić information content (AvgIpc) is 3.23. The molecule has 1 amide bonds. The van der Waals surface area contributed by atoms with Crippen molar-refractivity contribution in [2.75, 3.05) is 23.3 Å². The van der Waals surface area contributed by atoms with Crippen LogP contribution in [0, 0.1) is 19.8 Å². The zero-order valence-electron chi connectivity index (χ0n) is 14.6. The molecule has 132 valence electrons. The Balaban J connectivity index is 1.41. The van der Waals surface area contributed by atoms with Crippen LogP contribution in [0.2, 0.25) is 0 Å². The summed E-state index contributed by atoms with van der Waals surface area (Å²) >= 11 is 1.41. The van der Waals surface area contributed by atoms with Gasteiger partial charge in [-0.15, -0.1) is 10.2 Å². The van der Waals surface area contributed by atoms with E-state index in [4.69, 9.17) is 4.98 Å². The number of fused-ring (bicyclic) bond motifs is 1. The third-order valence-electron chi connectivity index (χ3n) is 4.94. The summed E-state index contributed by atoms with van der Waals surface area (Å²) in [6.45, 7) is 5.56. The van der Waals surface area contributed by atoms with E-state index in [1.807, 2.05) is 13.8 Å². The fourth-order valence-corrected chi connectivity index (χ4v) is 4.30. The number of amides is 1. The van der Waals surface area contributed by atoms with Crippen LogP contribution >= 0.6 is 11.3 Å². The van der Waals surface area contributed by atoms with Gasteiger partial charge in [0, 0.05) is 30.3 Å². The Morgan fingerprint density at radius 2 is 1.96 bits per heavy atom. The van der Waals surface area contributed by atoms with Crippen LogP contribution in [0.4, 0.5) is 10.9 Å². The van der Waals surface area contributed by atoms with E-state index in [1.165, 1.54) is 29.0 Å². The molecule has 0 radical (unpaired) electrons. The highest BCUT2D eigenvalue weighted by atomic mass is 32.1. The van der Waals surface area contributed by atoms with Crippen LogP contribution in [0.5, 0.6) is 0 Å². The first kappa shape index (κ1) is 16.4. The molecule has 0 saturated carbocycles. The van der Waals surface area contributed by atoms with Crippen LogP contribution in [0.1, 0.15) is 41.4 Å². The molecule has 25 heavy (non-hydrogen) atoms. The highest BCUT2D eigenvalue weighted by molar-refractivity contribution is 7.15. The van der Waals surface area contributed by atoms with E-state index in [0.717, 1.165) is 55.4 Å². The van der Waals surface area contributed by atoms with E-state index >= 15 is 0 Å². The monoisotopic (exact) mass is 358 g/mol. The van der Waals surface area contributed by atoms with Gasteiger partial charge < -0.3 is 10.2 Å². The highest BCUT2D eigenvalue weighted by Gasteiger charge is 2.29. The lowest BCUT2D eigenvalue weighted by molar-refractivity contribution is -0.120. The molecule has 8 heteroatoms. The van der Waals surface area contributed by atoms with Gasteiger partial charge in [0.1, 0.15) is 16.6 Å². The average molecular weight is 358 g/mol. The van der Waals surface area contributed by atoms with E-state index in [2.05, 4.69) is 25.4 Å². The molecule has 1 aliphatic carbocycles. The number of aryl methyl sites for hydroxylation is 3. The molecule has 2 aromatic rings. The standard InChI is InChI=1S/C17H22N6OS/c1-10-18-14-5-3-4-13(14)15(19-10)23-8-6-12(7-9-23)16(24)20-17-22-21-11(2)25-17/h12H,3-9H2,1-2H3,(H,20,22,24). The molecule has 0 unspecified atom stereocenters. The minimum absolute atomic E-state index is 0.0245. The van der Waals surface area contributed by atoms with E-state index < -0.39 is 0 Å². The molecule has 0 aromatic carbocycles. The number of piperidine rings is 1. The molecule has 2 aromatic heterocycles. The van der Waals surface area contributed by atoms with Gasteiger partial charge in [-0.05, 0) is 46.0 Å². The predicted octanol–water partition coefficient (Wildman–Crippen LogP) is 2.29. The predicted molar refractivity (Wildman–Crippen MR) is 97.0 cm³/mol. The molecule has 1 N–H and O–H groups in total. The van der Waals surface area contributed by atoms with Crippen LogP contribution in [0.25, 0.3) is 0 Å². The van der Waals surface area contributed by atoms with E-state index in [9.17, 15) is 4.79 Å². The highest BCUT2D eigenvalue weighted by Crippen LogP contribution is 2.31. The number of hydrogen-bond acceptors (Lipinski definition) is 7. The topological polar surface area (TPSA) is 83.9 Å². The molecule has 0 atom stereocenters. The summed E-state index contributed by atoms with van der Waals surface area (Å²) in [6, 6.07) is 0. The molecule has 7 nitrogen and oxygen atoms in total. The van der Waals surface area contributed by atoms with Crippen molar-refractivity contribution >= 4 is 28.2 Å². The Labute approximate surface area is 150 Å². The number of anilines is 2. The van der Waals surface area contributed by atoms with Crippen LogP contribution in [0.15, 0.2) is 0 Å². The molecule has 2 aliphatic rings. The zero-order valence-corrected chi connectivity index (χ0v) is 15.4. The molecule has 1 fully saturated rings. The zero-order chi connectivity index (χ0) is 17.4. The lowest BCUT2D eigenvalue weighted by Crippen LogP contribution is -2.39. The van der Waals surface area contributed by atoms with Crippen molar-refractivity contribution in [2.45, 2.75) is 46.0 Å². The molecule has 3 heterocycles. The first-order valence-electron chi connectivity index (χ1n) is 8.82.